The lowest BCUT2D eigenvalue weighted by Crippen LogP contribution is -2.45. The molecule has 0 bridgehead atoms. The fourth-order valence-electron chi connectivity index (χ4n) is 3.86. The summed E-state index contributed by atoms with van der Waals surface area (Å²) in [6, 6.07) is 2.99. The maximum atomic E-state index is 12.6. The Labute approximate surface area is 228 Å². The number of likely N-dealkylation sites (tertiary alicyclic amines) is 1. The van der Waals surface area contributed by atoms with E-state index < -0.39 is 11.5 Å². The van der Waals surface area contributed by atoms with Crippen LogP contribution < -0.4 is 10.0 Å². The smallest absolute Gasteiger partial charge is 0.410 e. The van der Waals surface area contributed by atoms with Crippen molar-refractivity contribution >= 4 is 52.2 Å². The Bertz CT molecular complexity index is 1020. The molecular weight excluding hydrogens is 521 g/mol. The average Bonchev–Trinajstić information content (AvgIpc) is 3.07. The van der Waals surface area contributed by atoms with E-state index in [2.05, 4.69) is 47.0 Å². The van der Waals surface area contributed by atoms with Gasteiger partial charge in [0.1, 0.15) is 26.8 Å². The van der Waals surface area contributed by atoms with E-state index in [0.29, 0.717) is 29.9 Å². The third kappa shape index (κ3) is 9.33. The highest BCUT2D eigenvalue weighted by Gasteiger charge is 2.42. The van der Waals surface area contributed by atoms with Crippen LogP contribution in [0.15, 0.2) is 42.2 Å². The Kier molecular flexibility index (Phi) is 10.7. The quantitative estimate of drug-likeness (QED) is 0.130. The molecule has 0 aromatic carbocycles. The van der Waals surface area contributed by atoms with Crippen molar-refractivity contribution in [2.75, 3.05) is 13.1 Å². The van der Waals surface area contributed by atoms with Crippen LogP contribution in [0.2, 0.25) is 10.3 Å². The van der Waals surface area contributed by atoms with Crippen molar-refractivity contribution in [1.29, 1.82) is 0 Å². The third-order valence-electron chi connectivity index (χ3n) is 5.42. The van der Waals surface area contributed by atoms with Gasteiger partial charge >= 0.3 is 6.09 Å². The molecule has 11 heteroatoms. The highest BCUT2D eigenvalue weighted by atomic mass is 35.5. The van der Waals surface area contributed by atoms with E-state index in [4.69, 9.17) is 27.9 Å². The average molecular weight is 557 g/mol. The lowest BCUT2D eigenvalue weighted by atomic mass is 9.93. The molecule has 0 saturated carbocycles. The van der Waals surface area contributed by atoms with E-state index in [1.54, 1.807) is 0 Å². The summed E-state index contributed by atoms with van der Waals surface area (Å²) in [5, 5.41) is 3.87. The molecule has 2 rings (SSSR count). The van der Waals surface area contributed by atoms with E-state index in [-0.39, 0.29) is 27.5 Å². The number of pyridine rings is 1. The predicted molar refractivity (Wildman–Crippen MR) is 148 cm³/mol. The standard InChI is InChI=1S/C25H35Cl2N5O3S/c1-8-20(36-31-22(33)18-11-12-19(26)30-21(18)27)29-16(2)28-13-9-10-17-14-25(6,7)32(15-17)23(34)35-24(3,4)5/h8,11-12,17,28H,1-2,9-10,13-15H2,3-7H3,(H,31,33)/b29-20+. The Morgan fingerprint density at radius 3 is 2.67 bits per heavy atom. The summed E-state index contributed by atoms with van der Waals surface area (Å²) in [6.07, 6.45) is 4.04. The van der Waals surface area contributed by atoms with Crippen molar-refractivity contribution in [1.82, 2.24) is 19.9 Å². The number of carbonyl (C=O) groups excluding carboxylic acids is 2. The van der Waals surface area contributed by atoms with Crippen LogP contribution in [0.4, 0.5) is 4.79 Å². The lowest BCUT2D eigenvalue weighted by Gasteiger charge is -2.33. The van der Waals surface area contributed by atoms with Gasteiger partial charge in [-0.1, -0.05) is 36.4 Å². The van der Waals surface area contributed by atoms with Crippen LogP contribution >= 0.6 is 35.1 Å². The molecule has 1 atom stereocenters. The molecule has 0 radical (unpaired) electrons. The number of aromatic nitrogens is 1. The molecule has 2 heterocycles. The molecule has 1 unspecified atom stereocenters. The van der Waals surface area contributed by atoms with Gasteiger partial charge in [0.05, 0.1) is 5.56 Å². The van der Waals surface area contributed by atoms with Gasteiger partial charge in [-0.05, 0) is 78.0 Å². The van der Waals surface area contributed by atoms with Crippen LogP contribution in [0.5, 0.6) is 0 Å². The normalized spacial score (nSPS) is 17.5. The number of nitrogens with zero attached hydrogens (tertiary/aromatic N) is 3. The molecule has 1 fully saturated rings. The number of carbonyl (C=O) groups is 2. The minimum absolute atomic E-state index is 0.0173. The number of amides is 2. The zero-order valence-electron chi connectivity index (χ0n) is 21.5. The molecule has 36 heavy (non-hydrogen) atoms. The molecule has 2 N–H and O–H groups in total. The molecule has 2 amide bonds. The van der Waals surface area contributed by atoms with Crippen LogP contribution in [0.3, 0.4) is 0 Å². The van der Waals surface area contributed by atoms with E-state index >= 15 is 0 Å². The first-order chi connectivity index (χ1) is 16.7. The van der Waals surface area contributed by atoms with E-state index in [9.17, 15) is 9.59 Å². The molecular formula is C25H35Cl2N5O3S. The second-order valence-corrected chi connectivity index (χ2v) is 11.7. The summed E-state index contributed by atoms with van der Waals surface area (Å²) in [5.41, 5.74) is -0.544. The van der Waals surface area contributed by atoms with Gasteiger partial charge in [0.25, 0.3) is 5.91 Å². The Morgan fingerprint density at radius 1 is 1.36 bits per heavy atom. The van der Waals surface area contributed by atoms with Crippen molar-refractivity contribution in [2.24, 2.45) is 10.9 Å². The zero-order chi connectivity index (χ0) is 27.1. The van der Waals surface area contributed by atoms with Gasteiger partial charge in [-0.15, -0.1) is 0 Å². The number of ether oxygens (including phenoxy) is 1. The van der Waals surface area contributed by atoms with Gasteiger partial charge in [-0.2, -0.15) is 0 Å². The topological polar surface area (TPSA) is 95.9 Å². The molecule has 1 aromatic heterocycles. The van der Waals surface area contributed by atoms with Crippen LogP contribution in [0, 0.1) is 5.92 Å². The number of rotatable bonds is 8. The Balaban J connectivity index is 1.78. The Hall–Kier alpha value is -2.23. The van der Waals surface area contributed by atoms with E-state index in [0.717, 1.165) is 31.2 Å². The molecule has 1 aromatic rings. The maximum Gasteiger partial charge on any atom is 0.410 e. The molecule has 1 aliphatic rings. The van der Waals surface area contributed by atoms with Crippen molar-refractivity contribution < 1.29 is 14.3 Å². The zero-order valence-corrected chi connectivity index (χ0v) is 23.8. The molecule has 198 valence electrons. The molecule has 0 aliphatic carbocycles. The third-order valence-corrected chi connectivity index (χ3v) is 6.67. The van der Waals surface area contributed by atoms with Gasteiger partial charge in [-0.3, -0.25) is 9.52 Å². The molecule has 1 aliphatic heterocycles. The van der Waals surface area contributed by atoms with Crippen LogP contribution in [0.25, 0.3) is 0 Å². The van der Waals surface area contributed by atoms with Crippen molar-refractivity contribution in [3.63, 3.8) is 0 Å². The fraction of sp³-hybridized carbons (Fsp3) is 0.520. The van der Waals surface area contributed by atoms with Crippen LogP contribution in [-0.4, -0.2) is 51.2 Å². The summed E-state index contributed by atoms with van der Waals surface area (Å²) in [5.74, 6) is 0.428. The summed E-state index contributed by atoms with van der Waals surface area (Å²) in [7, 11) is 0. The summed E-state index contributed by atoms with van der Waals surface area (Å²) in [4.78, 5) is 35.0. The lowest BCUT2D eigenvalue weighted by molar-refractivity contribution is 0.0130. The summed E-state index contributed by atoms with van der Waals surface area (Å²) < 4.78 is 8.23. The van der Waals surface area contributed by atoms with Crippen molar-refractivity contribution in [3.05, 3.63) is 53.1 Å². The minimum Gasteiger partial charge on any atom is -0.444 e. The Morgan fingerprint density at radius 2 is 2.06 bits per heavy atom. The number of hydrogen-bond acceptors (Lipinski definition) is 7. The van der Waals surface area contributed by atoms with Gasteiger partial charge in [0, 0.05) is 30.6 Å². The van der Waals surface area contributed by atoms with Gasteiger partial charge in [0.15, 0.2) is 0 Å². The molecule has 8 nitrogen and oxygen atoms in total. The molecule has 0 spiro atoms. The first kappa shape index (κ1) is 30.0. The highest BCUT2D eigenvalue weighted by molar-refractivity contribution is 8.13. The van der Waals surface area contributed by atoms with Crippen LogP contribution in [0.1, 0.15) is 64.2 Å². The SMILES string of the molecule is C=C/C(=N\C(=C)NCCCC1CN(C(=O)OC(C)(C)C)C(C)(C)C1)SNC(=O)c1ccc(Cl)nc1Cl. The number of hydrogen-bond donors (Lipinski definition) is 2. The van der Waals surface area contributed by atoms with E-state index in [1.165, 1.54) is 18.2 Å². The summed E-state index contributed by atoms with van der Waals surface area (Å²) in [6.45, 7) is 18.8. The van der Waals surface area contributed by atoms with Gasteiger partial charge in [0.2, 0.25) is 0 Å². The maximum absolute atomic E-state index is 12.6. The van der Waals surface area contributed by atoms with Crippen LogP contribution in [-0.2, 0) is 4.74 Å². The highest BCUT2D eigenvalue weighted by Crippen LogP contribution is 2.36. The minimum atomic E-state index is -0.512. The number of aliphatic imine (C=N–C) groups is 1. The second kappa shape index (κ2) is 12.8. The first-order valence-corrected chi connectivity index (χ1v) is 13.2. The molecule has 1 saturated heterocycles. The first-order valence-electron chi connectivity index (χ1n) is 11.7. The largest absolute Gasteiger partial charge is 0.444 e. The second-order valence-electron chi connectivity index (χ2n) is 10.1. The fourth-order valence-corrected chi connectivity index (χ4v) is 4.84. The van der Waals surface area contributed by atoms with Gasteiger partial charge < -0.3 is 15.0 Å². The van der Waals surface area contributed by atoms with Crippen molar-refractivity contribution in [2.45, 2.75) is 65.0 Å². The van der Waals surface area contributed by atoms with Crippen molar-refractivity contribution in [3.8, 4) is 0 Å². The summed E-state index contributed by atoms with van der Waals surface area (Å²) >= 11 is 12.7. The van der Waals surface area contributed by atoms with Gasteiger partial charge in [-0.25, -0.2) is 14.8 Å². The number of halogens is 2. The monoisotopic (exact) mass is 555 g/mol. The predicted octanol–water partition coefficient (Wildman–Crippen LogP) is 6.23. The number of nitrogens with one attached hydrogen (secondary N) is 2. The van der Waals surface area contributed by atoms with E-state index in [1.807, 2.05) is 25.7 Å².